The second-order valence-corrected chi connectivity index (χ2v) is 6.68. The summed E-state index contributed by atoms with van der Waals surface area (Å²) in [5.41, 5.74) is 1.44. The molecule has 2 aromatic carbocycles. The van der Waals surface area contributed by atoms with Gasteiger partial charge in [-0.25, -0.2) is 4.98 Å². The first-order valence-electron chi connectivity index (χ1n) is 9.23. The molecule has 4 rings (SSSR count). The summed E-state index contributed by atoms with van der Waals surface area (Å²) in [4.78, 5) is 19.5. The third kappa shape index (κ3) is 3.63. The van der Waals surface area contributed by atoms with Gasteiger partial charge in [0.15, 0.2) is 0 Å². The molecule has 2 heterocycles. The monoisotopic (exact) mass is 349 g/mol. The molecule has 0 saturated carbocycles. The van der Waals surface area contributed by atoms with E-state index in [2.05, 4.69) is 9.88 Å². The topological polar surface area (TPSA) is 47.4 Å². The average Bonchev–Trinajstić information content (AvgIpc) is 3.20. The lowest BCUT2D eigenvalue weighted by atomic mass is 10.2. The molecule has 134 valence electrons. The lowest BCUT2D eigenvalue weighted by Crippen LogP contribution is -2.21. The van der Waals surface area contributed by atoms with Crippen LogP contribution < -0.4 is 10.3 Å². The molecule has 0 radical (unpaired) electrons. The third-order valence-corrected chi connectivity index (χ3v) is 4.87. The van der Waals surface area contributed by atoms with Gasteiger partial charge < -0.3 is 9.64 Å². The van der Waals surface area contributed by atoms with Crippen molar-refractivity contribution in [1.82, 2.24) is 14.5 Å². The van der Waals surface area contributed by atoms with Gasteiger partial charge >= 0.3 is 0 Å². The summed E-state index contributed by atoms with van der Waals surface area (Å²) in [5, 5.41) is 0.622. The predicted molar refractivity (Wildman–Crippen MR) is 103 cm³/mol. The minimum absolute atomic E-state index is 0.0603. The fourth-order valence-electron chi connectivity index (χ4n) is 3.44. The number of nitrogens with zero attached hydrogens (tertiary/aromatic N) is 3. The highest BCUT2D eigenvalue weighted by Crippen LogP contribution is 2.16. The Morgan fingerprint density at radius 2 is 1.77 bits per heavy atom. The zero-order valence-electron chi connectivity index (χ0n) is 14.8. The Bertz CT molecular complexity index is 928. The van der Waals surface area contributed by atoms with E-state index in [-0.39, 0.29) is 5.56 Å². The van der Waals surface area contributed by atoms with E-state index in [0.717, 1.165) is 24.4 Å². The minimum Gasteiger partial charge on any atom is -0.494 e. The van der Waals surface area contributed by atoms with Gasteiger partial charge in [-0.3, -0.25) is 9.36 Å². The third-order valence-electron chi connectivity index (χ3n) is 4.87. The lowest BCUT2D eigenvalue weighted by Gasteiger charge is -2.14. The first-order chi connectivity index (χ1) is 12.8. The van der Waals surface area contributed by atoms with Crippen LogP contribution in [0.4, 0.5) is 0 Å². The van der Waals surface area contributed by atoms with Gasteiger partial charge in [0.25, 0.3) is 5.56 Å². The van der Waals surface area contributed by atoms with E-state index >= 15 is 0 Å². The van der Waals surface area contributed by atoms with Crippen molar-refractivity contribution in [2.24, 2.45) is 0 Å². The maximum absolute atomic E-state index is 12.6. The van der Waals surface area contributed by atoms with Crippen molar-refractivity contribution in [2.75, 3.05) is 26.2 Å². The highest BCUT2D eigenvalue weighted by atomic mass is 16.5. The van der Waals surface area contributed by atoms with Crippen LogP contribution in [0, 0.1) is 0 Å². The van der Waals surface area contributed by atoms with Crippen LogP contribution in [-0.4, -0.2) is 40.7 Å². The van der Waals surface area contributed by atoms with Gasteiger partial charge in [-0.05, 0) is 68.8 Å². The Kier molecular flexibility index (Phi) is 4.97. The number of benzene rings is 2. The summed E-state index contributed by atoms with van der Waals surface area (Å²) in [6, 6.07) is 15.0. The molecule has 0 N–H and O–H groups in total. The first kappa shape index (κ1) is 16.8. The molecular weight excluding hydrogens is 326 g/mol. The molecule has 5 nitrogen and oxygen atoms in total. The van der Waals surface area contributed by atoms with E-state index in [1.807, 2.05) is 42.5 Å². The zero-order chi connectivity index (χ0) is 17.8. The number of aromatic nitrogens is 2. The number of hydrogen-bond donors (Lipinski definition) is 0. The normalized spacial score (nSPS) is 14.8. The Balaban J connectivity index is 1.41. The van der Waals surface area contributed by atoms with Crippen molar-refractivity contribution in [3.8, 4) is 11.4 Å². The fraction of sp³-hybridized carbons (Fsp3) is 0.333. The highest BCUT2D eigenvalue weighted by molar-refractivity contribution is 5.77. The van der Waals surface area contributed by atoms with E-state index in [4.69, 9.17) is 4.74 Å². The van der Waals surface area contributed by atoms with Crippen molar-refractivity contribution >= 4 is 10.9 Å². The molecule has 0 atom stereocenters. The van der Waals surface area contributed by atoms with Crippen LogP contribution in [0.1, 0.15) is 19.3 Å². The highest BCUT2D eigenvalue weighted by Gasteiger charge is 2.10. The molecule has 1 aromatic heterocycles. The van der Waals surface area contributed by atoms with Crippen molar-refractivity contribution in [2.45, 2.75) is 19.3 Å². The van der Waals surface area contributed by atoms with Crippen LogP contribution in [0.25, 0.3) is 16.6 Å². The largest absolute Gasteiger partial charge is 0.494 e. The van der Waals surface area contributed by atoms with Gasteiger partial charge in [-0.2, -0.15) is 0 Å². The second kappa shape index (κ2) is 7.70. The van der Waals surface area contributed by atoms with Crippen LogP contribution in [-0.2, 0) is 0 Å². The lowest BCUT2D eigenvalue weighted by molar-refractivity contribution is 0.263. The number of hydrogen-bond acceptors (Lipinski definition) is 4. The molecule has 1 saturated heterocycles. The summed E-state index contributed by atoms with van der Waals surface area (Å²) in [5.74, 6) is 0.831. The summed E-state index contributed by atoms with van der Waals surface area (Å²) in [6.07, 6.45) is 5.27. The quantitative estimate of drug-likeness (QED) is 0.641. The summed E-state index contributed by atoms with van der Waals surface area (Å²) >= 11 is 0. The standard InChI is InChI=1S/C21H23N3O2/c25-21-19-6-1-2-7-20(19)22-16-24(21)17-8-10-18(11-9-17)26-15-5-14-23-12-3-4-13-23/h1-2,6-11,16H,3-5,12-15H2. The van der Waals surface area contributed by atoms with Crippen LogP contribution in [0.5, 0.6) is 5.75 Å². The summed E-state index contributed by atoms with van der Waals surface area (Å²) < 4.78 is 7.40. The van der Waals surface area contributed by atoms with E-state index < -0.39 is 0 Å². The van der Waals surface area contributed by atoms with Gasteiger partial charge in [0.05, 0.1) is 23.2 Å². The van der Waals surface area contributed by atoms with Crippen molar-refractivity contribution < 1.29 is 4.74 Å². The molecule has 26 heavy (non-hydrogen) atoms. The summed E-state index contributed by atoms with van der Waals surface area (Å²) in [7, 11) is 0. The molecule has 0 spiro atoms. The van der Waals surface area contributed by atoms with Crippen LogP contribution in [0.3, 0.4) is 0 Å². The molecule has 1 aliphatic rings. The van der Waals surface area contributed by atoms with E-state index in [9.17, 15) is 4.79 Å². The Morgan fingerprint density at radius 1 is 1.00 bits per heavy atom. The number of ether oxygens (including phenoxy) is 1. The molecule has 0 unspecified atom stereocenters. The molecule has 0 bridgehead atoms. The maximum atomic E-state index is 12.6. The van der Waals surface area contributed by atoms with Crippen LogP contribution in [0.2, 0.25) is 0 Å². The Labute approximate surface area is 152 Å². The predicted octanol–water partition coefficient (Wildman–Crippen LogP) is 3.25. The molecule has 0 amide bonds. The van der Waals surface area contributed by atoms with Crippen LogP contribution in [0.15, 0.2) is 59.7 Å². The summed E-state index contributed by atoms with van der Waals surface area (Å²) in [6.45, 7) is 4.27. The second-order valence-electron chi connectivity index (χ2n) is 6.68. The Hall–Kier alpha value is -2.66. The zero-order valence-corrected chi connectivity index (χ0v) is 14.8. The van der Waals surface area contributed by atoms with Crippen molar-refractivity contribution in [3.63, 3.8) is 0 Å². The van der Waals surface area contributed by atoms with Crippen molar-refractivity contribution in [3.05, 3.63) is 65.2 Å². The first-order valence-corrected chi connectivity index (χ1v) is 9.23. The van der Waals surface area contributed by atoms with Gasteiger partial charge in [0.1, 0.15) is 12.1 Å². The SMILES string of the molecule is O=c1c2ccccc2ncn1-c1ccc(OCCCN2CCCC2)cc1. The molecule has 0 aliphatic carbocycles. The van der Waals surface area contributed by atoms with Gasteiger partial charge in [0, 0.05) is 6.54 Å². The van der Waals surface area contributed by atoms with E-state index in [0.29, 0.717) is 17.5 Å². The number of para-hydroxylation sites is 1. The minimum atomic E-state index is -0.0603. The fourth-order valence-corrected chi connectivity index (χ4v) is 3.44. The smallest absolute Gasteiger partial charge is 0.265 e. The van der Waals surface area contributed by atoms with Crippen LogP contribution >= 0.6 is 0 Å². The molecule has 1 fully saturated rings. The number of rotatable bonds is 6. The number of likely N-dealkylation sites (tertiary alicyclic amines) is 1. The molecular formula is C21H23N3O2. The van der Waals surface area contributed by atoms with Gasteiger partial charge in [0.2, 0.25) is 0 Å². The maximum Gasteiger partial charge on any atom is 0.265 e. The number of fused-ring (bicyclic) bond motifs is 1. The van der Waals surface area contributed by atoms with E-state index in [1.54, 1.807) is 17.0 Å². The molecule has 5 heteroatoms. The van der Waals surface area contributed by atoms with E-state index in [1.165, 1.54) is 25.9 Å². The Morgan fingerprint density at radius 3 is 2.58 bits per heavy atom. The molecule has 3 aromatic rings. The molecule has 1 aliphatic heterocycles. The average molecular weight is 349 g/mol. The van der Waals surface area contributed by atoms with Gasteiger partial charge in [-0.15, -0.1) is 0 Å². The van der Waals surface area contributed by atoms with Crippen molar-refractivity contribution in [1.29, 1.82) is 0 Å². The van der Waals surface area contributed by atoms with Gasteiger partial charge in [-0.1, -0.05) is 12.1 Å².